The number of nitrogens with zero attached hydrogens (tertiary/aromatic N) is 3. The number of hydrogen-bond acceptors (Lipinski definition) is 4. The third-order valence-corrected chi connectivity index (χ3v) is 3.65. The van der Waals surface area contributed by atoms with Crippen LogP contribution in [0.1, 0.15) is 20.8 Å². The van der Waals surface area contributed by atoms with Crippen LogP contribution in [0.2, 0.25) is 0 Å². The zero-order chi connectivity index (χ0) is 13.8. The Balaban J connectivity index is 2.30. The Bertz CT molecular complexity index is 543. The summed E-state index contributed by atoms with van der Waals surface area (Å²) in [6, 6.07) is 3.78. The average molecular weight is 277 g/mol. The number of furan rings is 1. The van der Waals surface area contributed by atoms with E-state index in [4.69, 9.17) is 4.42 Å². The van der Waals surface area contributed by atoms with Crippen molar-refractivity contribution in [2.45, 2.75) is 32.5 Å². The van der Waals surface area contributed by atoms with E-state index in [1.165, 1.54) is 0 Å². The monoisotopic (exact) mass is 277 g/mol. The molecule has 2 aromatic rings. The highest BCUT2D eigenvalue weighted by atomic mass is 32.2. The highest BCUT2D eigenvalue weighted by Gasteiger charge is 2.16. The number of aromatic nitrogens is 3. The van der Waals surface area contributed by atoms with E-state index in [0.29, 0.717) is 5.92 Å². The van der Waals surface area contributed by atoms with Crippen LogP contribution < -0.4 is 0 Å². The van der Waals surface area contributed by atoms with Gasteiger partial charge in [0.1, 0.15) is 0 Å². The van der Waals surface area contributed by atoms with E-state index in [0.717, 1.165) is 34.6 Å². The molecule has 0 radical (unpaired) electrons. The lowest BCUT2D eigenvalue weighted by Gasteiger charge is -2.11. The topological polar surface area (TPSA) is 43.9 Å². The number of rotatable bonds is 6. The molecule has 0 saturated heterocycles. The molecule has 5 heteroatoms. The van der Waals surface area contributed by atoms with Crippen LogP contribution in [0.4, 0.5) is 0 Å². The lowest BCUT2D eigenvalue weighted by Crippen LogP contribution is -2.07. The Hall–Kier alpha value is -1.49. The van der Waals surface area contributed by atoms with Gasteiger partial charge in [-0.05, 0) is 25.0 Å². The minimum atomic E-state index is 0.522. The summed E-state index contributed by atoms with van der Waals surface area (Å²) >= 11 is 1.66. The molecule has 0 bridgehead atoms. The zero-order valence-electron chi connectivity index (χ0n) is 11.6. The molecule has 0 N–H and O–H groups in total. The fourth-order valence-corrected chi connectivity index (χ4v) is 2.49. The fourth-order valence-electron chi connectivity index (χ4n) is 1.70. The maximum Gasteiger partial charge on any atom is 0.200 e. The minimum absolute atomic E-state index is 0.522. The quantitative estimate of drug-likeness (QED) is 0.594. The average Bonchev–Trinajstić information content (AvgIpc) is 2.94. The summed E-state index contributed by atoms with van der Waals surface area (Å²) in [5.74, 6) is 2.93. The molecule has 19 heavy (non-hydrogen) atoms. The highest BCUT2D eigenvalue weighted by molar-refractivity contribution is 7.99. The SMILES string of the molecule is C=C(C)CSc1nnc(-c2ccco2)n1CC(C)C. The van der Waals surface area contributed by atoms with Crippen LogP contribution in [0.25, 0.3) is 11.6 Å². The Labute approximate surface area is 117 Å². The largest absolute Gasteiger partial charge is 0.461 e. The van der Waals surface area contributed by atoms with Crippen LogP contribution in [0.15, 0.2) is 40.1 Å². The van der Waals surface area contributed by atoms with E-state index in [9.17, 15) is 0 Å². The molecule has 0 unspecified atom stereocenters. The van der Waals surface area contributed by atoms with Crippen molar-refractivity contribution >= 4 is 11.8 Å². The molecular weight excluding hydrogens is 258 g/mol. The molecule has 0 aliphatic carbocycles. The maximum absolute atomic E-state index is 5.43. The Kier molecular flexibility index (Phi) is 4.47. The Morgan fingerprint density at radius 3 is 2.84 bits per heavy atom. The first-order valence-electron chi connectivity index (χ1n) is 6.32. The van der Waals surface area contributed by atoms with Crippen molar-refractivity contribution in [3.63, 3.8) is 0 Å². The highest BCUT2D eigenvalue weighted by Crippen LogP contribution is 2.26. The van der Waals surface area contributed by atoms with Gasteiger partial charge in [-0.2, -0.15) is 0 Å². The third-order valence-electron chi connectivity index (χ3n) is 2.45. The van der Waals surface area contributed by atoms with Crippen molar-refractivity contribution in [3.05, 3.63) is 30.5 Å². The molecule has 0 aliphatic heterocycles. The summed E-state index contributed by atoms with van der Waals surface area (Å²) in [6.07, 6.45) is 1.66. The van der Waals surface area contributed by atoms with Gasteiger partial charge in [0, 0.05) is 12.3 Å². The molecule has 0 aliphatic rings. The smallest absolute Gasteiger partial charge is 0.200 e. The molecule has 102 valence electrons. The normalized spacial score (nSPS) is 11.2. The van der Waals surface area contributed by atoms with Gasteiger partial charge >= 0.3 is 0 Å². The van der Waals surface area contributed by atoms with Crippen molar-refractivity contribution < 1.29 is 4.42 Å². The lowest BCUT2D eigenvalue weighted by molar-refractivity contribution is 0.489. The van der Waals surface area contributed by atoms with Crippen molar-refractivity contribution in [3.8, 4) is 11.6 Å². The van der Waals surface area contributed by atoms with E-state index in [-0.39, 0.29) is 0 Å². The minimum Gasteiger partial charge on any atom is -0.461 e. The first kappa shape index (κ1) is 13.9. The van der Waals surface area contributed by atoms with Gasteiger partial charge in [0.2, 0.25) is 0 Å². The summed E-state index contributed by atoms with van der Waals surface area (Å²) in [7, 11) is 0. The number of thioether (sulfide) groups is 1. The van der Waals surface area contributed by atoms with Crippen molar-refractivity contribution in [2.75, 3.05) is 5.75 Å². The molecule has 2 heterocycles. The lowest BCUT2D eigenvalue weighted by atomic mass is 10.2. The van der Waals surface area contributed by atoms with E-state index in [1.807, 2.05) is 19.1 Å². The van der Waals surface area contributed by atoms with Crippen LogP contribution >= 0.6 is 11.8 Å². The van der Waals surface area contributed by atoms with Crippen molar-refractivity contribution in [2.24, 2.45) is 5.92 Å². The van der Waals surface area contributed by atoms with E-state index < -0.39 is 0 Å². The van der Waals surface area contributed by atoms with Gasteiger partial charge in [-0.15, -0.1) is 10.2 Å². The maximum atomic E-state index is 5.43. The molecule has 4 nitrogen and oxygen atoms in total. The van der Waals surface area contributed by atoms with Gasteiger partial charge in [0.05, 0.1) is 6.26 Å². The first-order chi connectivity index (χ1) is 9.08. The van der Waals surface area contributed by atoms with Gasteiger partial charge in [-0.3, -0.25) is 4.57 Å². The van der Waals surface area contributed by atoms with Gasteiger partial charge in [-0.25, -0.2) is 0 Å². The van der Waals surface area contributed by atoms with Gasteiger partial charge < -0.3 is 4.42 Å². The molecule has 0 amide bonds. The summed E-state index contributed by atoms with van der Waals surface area (Å²) in [6.45, 7) is 11.2. The van der Waals surface area contributed by atoms with Crippen molar-refractivity contribution in [1.29, 1.82) is 0 Å². The Morgan fingerprint density at radius 1 is 1.47 bits per heavy atom. The van der Waals surface area contributed by atoms with Crippen molar-refractivity contribution in [1.82, 2.24) is 14.8 Å². The summed E-state index contributed by atoms with van der Waals surface area (Å²) in [4.78, 5) is 0. The second-order valence-corrected chi connectivity index (χ2v) is 5.98. The third kappa shape index (κ3) is 3.50. The second kappa shape index (κ2) is 6.10. The predicted molar refractivity (Wildman–Crippen MR) is 78.1 cm³/mol. The predicted octanol–water partition coefficient (Wildman–Crippen LogP) is 3.86. The zero-order valence-corrected chi connectivity index (χ0v) is 12.4. The van der Waals surface area contributed by atoms with E-state index >= 15 is 0 Å². The van der Waals surface area contributed by atoms with Crippen LogP contribution in [0.3, 0.4) is 0 Å². The molecule has 0 spiro atoms. The van der Waals surface area contributed by atoms with Crippen LogP contribution in [0.5, 0.6) is 0 Å². The molecule has 0 saturated carbocycles. The van der Waals surface area contributed by atoms with E-state index in [1.54, 1.807) is 18.0 Å². The molecule has 2 rings (SSSR count). The summed E-state index contributed by atoms with van der Waals surface area (Å²) < 4.78 is 7.55. The summed E-state index contributed by atoms with van der Waals surface area (Å²) in [5, 5.41) is 9.45. The van der Waals surface area contributed by atoms with Gasteiger partial charge in [0.25, 0.3) is 0 Å². The van der Waals surface area contributed by atoms with Crippen LogP contribution in [0, 0.1) is 5.92 Å². The molecule has 2 aromatic heterocycles. The fraction of sp³-hybridized carbons (Fsp3) is 0.429. The van der Waals surface area contributed by atoms with E-state index in [2.05, 4.69) is 35.2 Å². The molecule has 0 atom stereocenters. The van der Waals surface area contributed by atoms with Gasteiger partial charge in [-0.1, -0.05) is 37.8 Å². The molecular formula is C14H19N3OS. The molecule has 0 fully saturated rings. The Morgan fingerprint density at radius 2 is 2.26 bits per heavy atom. The summed E-state index contributed by atoms with van der Waals surface area (Å²) in [5.41, 5.74) is 1.13. The molecule has 0 aromatic carbocycles. The van der Waals surface area contributed by atoms with Crippen LogP contribution in [-0.2, 0) is 6.54 Å². The van der Waals surface area contributed by atoms with Gasteiger partial charge in [0.15, 0.2) is 16.7 Å². The van der Waals surface area contributed by atoms with Crippen LogP contribution in [-0.4, -0.2) is 20.5 Å². The number of hydrogen-bond donors (Lipinski definition) is 0. The standard InChI is InChI=1S/C14H19N3OS/c1-10(2)8-17-13(12-6-5-7-18-12)15-16-14(17)19-9-11(3)4/h5-7,10H,3,8-9H2,1-2,4H3. The second-order valence-electron chi connectivity index (χ2n) is 5.03. The first-order valence-corrected chi connectivity index (χ1v) is 7.30.